The van der Waals surface area contributed by atoms with Crippen molar-refractivity contribution < 1.29 is 14.0 Å². The molecule has 1 aromatic heterocycles. The second-order valence-electron chi connectivity index (χ2n) is 7.86. The molecule has 144 valence electrons. The SMILES string of the molecule is CC[C@@]1(CCC(=O)N2CCC(c3nc4ccccc4o3)CC2)CCC(=O)N1. The van der Waals surface area contributed by atoms with E-state index >= 15 is 0 Å². The first-order valence-corrected chi connectivity index (χ1v) is 10.0. The van der Waals surface area contributed by atoms with E-state index in [1.807, 2.05) is 29.2 Å². The van der Waals surface area contributed by atoms with Gasteiger partial charge in [0.2, 0.25) is 11.8 Å². The van der Waals surface area contributed by atoms with Crippen molar-refractivity contribution in [3.8, 4) is 0 Å². The molecule has 1 N–H and O–H groups in total. The lowest BCUT2D eigenvalue weighted by molar-refractivity contribution is -0.133. The molecule has 0 aliphatic carbocycles. The summed E-state index contributed by atoms with van der Waals surface area (Å²) in [5, 5.41) is 3.09. The summed E-state index contributed by atoms with van der Waals surface area (Å²) in [6.45, 7) is 3.57. The smallest absolute Gasteiger partial charge is 0.222 e. The quantitative estimate of drug-likeness (QED) is 0.877. The van der Waals surface area contributed by atoms with Gasteiger partial charge in [-0.2, -0.15) is 0 Å². The molecule has 0 unspecified atom stereocenters. The summed E-state index contributed by atoms with van der Waals surface area (Å²) >= 11 is 0. The summed E-state index contributed by atoms with van der Waals surface area (Å²) in [5.41, 5.74) is 1.55. The number of likely N-dealkylation sites (tertiary alicyclic amines) is 1. The maximum Gasteiger partial charge on any atom is 0.222 e. The number of carbonyl (C=O) groups excluding carboxylic acids is 2. The lowest BCUT2D eigenvalue weighted by Gasteiger charge is -2.32. The molecule has 2 amide bonds. The van der Waals surface area contributed by atoms with E-state index in [1.54, 1.807) is 0 Å². The number of aromatic nitrogens is 1. The molecule has 4 rings (SSSR count). The van der Waals surface area contributed by atoms with Gasteiger partial charge in [-0.25, -0.2) is 4.98 Å². The number of hydrogen-bond acceptors (Lipinski definition) is 4. The molecular formula is C21H27N3O3. The van der Waals surface area contributed by atoms with Gasteiger partial charge in [-0.1, -0.05) is 19.1 Å². The van der Waals surface area contributed by atoms with Gasteiger partial charge in [0, 0.05) is 37.4 Å². The van der Waals surface area contributed by atoms with Crippen molar-refractivity contribution in [1.29, 1.82) is 0 Å². The average molecular weight is 369 g/mol. The number of para-hydroxylation sites is 2. The molecule has 2 fully saturated rings. The molecule has 3 heterocycles. The first-order chi connectivity index (χ1) is 13.1. The Kier molecular flexibility index (Phi) is 4.89. The number of nitrogens with one attached hydrogen (secondary N) is 1. The van der Waals surface area contributed by atoms with Crippen LogP contribution in [0.1, 0.15) is 63.7 Å². The van der Waals surface area contributed by atoms with Crippen LogP contribution < -0.4 is 5.32 Å². The molecule has 0 radical (unpaired) electrons. The Hall–Kier alpha value is -2.37. The third-order valence-electron chi connectivity index (χ3n) is 6.24. The van der Waals surface area contributed by atoms with Gasteiger partial charge in [-0.15, -0.1) is 0 Å². The van der Waals surface area contributed by atoms with Gasteiger partial charge in [-0.3, -0.25) is 9.59 Å². The minimum Gasteiger partial charge on any atom is -0.440 e. The van der Waals surface area contributed by atoms with Crippen molar-refractivity contribution in [3.05, 3.63) is 30.2 Å². The molecule has 2 saturated heterocycles. The summed E-state index contributed by atoms with van der Waals surface area (Å²) in [6.07, 6.45) is 5.31. The van der Waals surface area contributed by atoms with Gasteiger partial charge in [-0.05, 0) is 44.2 Å². The first kappa shape index (κ1) is 18.0. The topological polar surface area (TPSA) is 75.4 Å². The molecule has 1 aromatic carbocycles. The van der Waals surface area contributed by atoms with Gasteiger partial charge in [0.05, 0.1) is 0 Å². The highest BCUT2D eigenvalue weighted by Crippen LogP contribution is 2.32. The van der Waals surface area contributed by atoms with E-state index in [4.69, 9.17) is 4.42 Å². The molecule has 0 saturated carbocycles. The number of nitrogens with zero attached hydrogens (tertiary/aromatic N) is 2. The van der Waals surface area contributed by atoms with Crippen LogP contribution in [0, 0.1) is 0 Å². The Labute approximate surface area is 159 Å². The Balaban J connectivity index is 1.31. The minimum absolute atomic E-state index is 0.114. The van der Waals surface area contributed by atoms with Gasteiger partial charge >= 0.3 is 0 Å². The number of fused-ring (bicyclic) bond motifs is 1. The van der Waals surface area contributed by atoms with Crippen LogP contribution in [0.4, 0.5) is 0 Å². The molecule has 27 heavy (non-hydrogen) atoms. The molecule has 2 aromatic rings. The maximum atomic E-state index is 12.7. The van der Waals surface area contributed by atoms with E-state index in [0.29, 0.717) is 12.8 Å². The van der Waals surface area contributed by atoms with Crippen LogP contribution in [0.5, 0.6) is 0 Å². The molecule has 2 aliphatic rings. The predicted molar refractivity (Wildman–Crippen MR) is 102 cm³/mol. The van der Waals surface area contributed by atoms with Crippen molar-refractivity contribution in [2.75, 3.05) is 13.1 Å². The van der Waals surface area contributed by atoms with E-state index in [0.717, 1.165) is 62.2 Å². The highest BCUT2D eigenvalue weighted by Gasteiger charge is 2.36. The molecule has 6 nitrogen and oxygen atoms in total. The highest BCUT2D eigenvalue weighted by atomic mass is 16.3. The molecule has 2 aliphatic heterocycles. The minimum atomic E-state index is -0.177. The molecule has 0 spiro atoms. The Morgan fingerprint density at radius 1 is 1.33 bits per heavy atom. The largest absolute Gasteiger partial charge is 0.440 e. The van der Waals surface area contributed by atoms with E-state index in [9.17, 15) is 9.59 Å². The third kappa shape index (κ3) is 3.70. The summed E-state index contributed by atoms with van der Waals surface area (Å²) in [6, 6.07) is 7.82. The summed E-state index contributed by atoms with van der Waals surface area (Å²) < 4.78 is 5.90. The zero-order valence-corrected chi connectivity index (χ0v) is 15.9. The zero-order valence-electron chi connectivity index (χ0n) is 15.9. The lowest BCUT2D eigenvalue weighted by atomic mass is 9.88. The van der Waals surface area contributed by atoms with Crippen molar-refractivity contribution in [3.63, 3.8) is 0 Å². The normalized spacial score (nSPS) is 23.7. The van der Waals surface area contributed by atoms with Gasteiger partial charge in [0.1, 0.15) is 5.52 Å². The average Bonchev–Trinajstić information content (AvgIpc) is 3.30. The van der Waals surface area contributed by atoms with E-state index in [2.05, 4.69) is 17.2 Å². The lowest BCUT2D eigenvalue weighted by Crippen LogP contribution is -2.43. The maximum absolute atomic E-state index is 12.7. The predicted octanol–water partition coefficient (Wildman–Crippen LogP) is 3.37. The monoisotopic (exact) mass is 369 g/mol. The van der Waals surface area contributed by atoms with Crippen LogP contribution in [-0.4, -0.2) is 40.3 Å². The van der Waals surface area contributed by atoms with Crippen LogP contribution in [-0.2, 0) is 9.59 Å². The van der Waals surface area contributed by atoms with Crippen LogP contribution in [0.2, 0.25) is 0 Å². The summed E-state index contributed by atoms with van der Waals surface area (Å²) in [5.74, 6) is 1.38. The fraction of sp³-hybridized carbons (Fsp3) is 0.571. The van der Waals surface area contributed by atoms with E-state index in [-0.39, 0.29) is 23.3 Å². The Bertz CT molecular complexity index is 805. The number of oxazole rings is 1. The van der Waals surface area contributed by atoms with Crippen molar-refractivity contribution in [2.24, 2.45) is 0 Å². The second-order valence-corrected chi connectivity index (χ2v) is 7.86. The van der Waals surface area contributed by atoms with Crippen LogP contribution in [0.15, 0.2) is 28.7 Å². The van der Waals surface area contributed by atoms with Crippen molar-refractivity contribution >= 4 is 22.9 Å². The van der Waals surface area contributed by atoms with Crippen LogP contribution in [0.3, 0.4) is 0 Å². The van der Waals surface area contributed by atoms with Gasteiger partial charge in [0.25, 0.3) is 0 Å². The van der Waals surface area contributed by atoms with Crippen molar-refractivity contribution in [1.82, 2.24) is 15.2 Å². The second kappa shape index (κ2) is 7.33. The number of carbonyl (C=O) groups is 2. The Morgan fingerprint density at radius 3 is 2.78 bits per heavy atom. The number of rotatable bonds is 5. The Morgan fingerprint density at radius 2 is 2.11 bits per heavy atom. The third-order valence-corrected chi connectivity index (χ3v) is 6.24. The van der Waals surface area contributed by atoms with E-state index in [1.165, 1.54) is 0 Å². The number of amides is 2. The van der Waals surface area contributed by atoms with Gasteiger partial charge in [0.15, 0.2) is 11.5 Å². The number of hydrogen-bond donors (Lipinski definition) is 1. The molecular weight excluding hydrogens is 342 g/mol. The van der Waals surface area contributed by atoms with Crippen LogP contribution >= 0.6 is 0 Å². The standard InChI is InChI=1S/C21H27N3O3/c1-2-21(11-7-18(25)23-21)12-8-19(26)24-13-9-15(10-14-24)20-22-16-5-3-4-6-17(16)27-20/h3-6,15H,2,7-14H2,1H3,(H,23,25)/t21-/m0/s1. The van der Waals surface area contributed by atoms with Crippen LogP contribution in [0.25, 0.3) is 11.1 Å². The zero-order chi connectivity index (χ0) is 18.9. The highest BCUT2D eigenvalue weighted by molar-refractivity contribution is 5.80. The molecule has 6 heteroatoms. The summed E-state index contributed by atoms with van der Waals surface area (Å²) in [4.78, 5) is 30.8. The first-order valence-electron chi connectivity index (χ1n) is 10.0. The summed E-state index contributed by atoms with van der Waals surface area (Å²) in [7, 11) is 0. The van der Waals surface area contributed by atoms with Crippen molar-refractivity contribution in [2.45, 2.75) is 63.3 Å². The fourth-order valence-electron chi connectivity index (χ4n) is 4.35. The molecule has 1 atom stereocenters. The fourth-order valence-corrected chi connectivity index (χ4v) is 4.35. The van der Waals surface area contributed by atoms with E-state index < -0.39 is 0 Å². The molecule has 0 bridgehead atoms. The number of piperidine rings is 1. The van der Waals surface area contributed by atoms with Gasteiger partial charge < -0.3 is 14.6 Å². The number of benzene rings is 1.